The van der Waals surface area contributed by atoms with Gasteiger partial charge in [-0.15, -0.1) is 0 Å². The minimum atomic E-state index is -0.999. The topological polar surface area (TPSA) is 61.1 Å². The van der Waals surface area contributed by atoms with E-state index in [4.69, 9.17) is 22.0 Å². The molecular formula is C11H8ClNO2. The van der Waals surface area contributed by atoms with Gasteiger partial charge in [-0.2, -0.15) is 5.26 Å². The zero-order valence-corrected chi connectivity index (χ0v) is 8.53. The van der Waals surface area contributed by atoms with Gasteiger partial charge in [0.05, 0.1) is 18.1 Å². The van der Waals surface area contributed by atoms with E-state index in [9.17, 15) is 4.79 Å². The van der Waals surface area contributed by atoms with E-state index >= 15 is 0 Å². The molecule has 0 aliphatic carbocycles. The van der Waals surface area contributed by atoms with E-state index in [0.29, 0.717) is 10.6 Å². The van der Waals surface area contributed by atoms with E-state index in [1.54, 1.807) is 12.2 Å². The number of halogens is 1. The smallest absolute Gasteiger partial charge is 0.335 e. The number of rotatable bonds is 3. The third-order valence-corrected chi connectivity index (χ3v) is 2.09. The first-order valence-corrected chi connectivity index (χ1v) is 4.59. The van der Waals surface area contributed by atoms with E-state index in [2.05, 4.69) is 0 Å². The van der Waals surface area contributed by atoms with Crippen molar-refractivity contribution in [2.75, 3.05) is 0 Å². The average molecular weight is 222 g/mol. The number of carboxylic acid groups (broad SMARTS) is 1. The highest BCUT2D eigenvalue weighted by Crippen LogP contribution is 2.19. The van der Waals surface area contributed by atoms with Crippen LogP contribution in [0.5, 0.6) is 0 Å². The maximum absolute atomic E-state index is 10.7. The molecule has 0 amide bonds. The normalized spacial score (nSPS) is 10.1. The van der Waals surface area contributed by atoms with Crippen LogP contribution in [0.15, 0.2) is 24.3 Å². The molecule has 0 radical (unpaired) electrons. The summed E-state index contributed by atoms with van der Waals surface area (Å²) in [6.07, 6.45) is 3.54. The van der Waals surface area contributed by atoms with Crippen LogP contribution in [0.1, 0.15) is 22.3 Å². The first-order chi connectivity index (χ1) is 7.15. The van der Waals surface area contributed by atoms with E-state index in [0.717, 1.165) is 0 Å². The lowest BCUT2D eigenvalue weighted by atomic mass is 10.1. The Morgan fingerprint density at radius 1 is 1.60 bits per heavy atom. The number of hydrogen-bond donors (Lipinski definition) is 1. The number of aromatic carboxylic acids is 1. The van der Waals surface area contributed by atoms with Crippen LogP contribution in [0.4, 0.5) is 0 Å². The standard InChI is InChI=1S/C11H8ClNO2/c12-10-5-4-9(11(14)15)7-8(10)3-1-2-6-13/h1,3-5,7H,2H2,(H,14,15). The molecule has 0 aliphatic rings. The van der Waals surface area contributed by atoms with Gasteiger partial charge in [0.15, 0.2) is 0 Å². The van der Waals surface area contributed by atoms with Crippen molar-refractivity contribution in [3.05, 3.63) is 40.4 Å². The average Bonchev–Trinajstić information content (AvgIpc) is 2.20. The van der Waals surface area contributed by atoms with Gasteiger partial charge < -0.3 is 5.11 Å². The number of benzene rings is 1. The fourth-order valence-electron chi connectivity index (χ4n) is 1.04. The summed E-state index contributed by atoms with van der Waals surface area (Å²) >= 11 is 5.85. The van der Waals surface area contributed by atoms with Gasteiger partial charge in [-0.05, 0) is 23.8 Å². The molecule has 0 heterocycles. The molecule has 76 valence electrons. The molecule has 1 aromatic rings. The predicted molar refractivity (Wildman–Crippen MR) is 57.7 cm³/mol. The van der Waals surface area contributed by atoms with Crippen molar-refractivity contribution in [2.24, 2.45) is 0 Å². The molecule has 0 unspecified atom stereocenters. The van der Waals surface area contributed by atoms with Crippen LogP contribution in [0.25, 0.3) is 6.08 Å². The third kappa shape index (κ3) is 3.12. The number of nitrogens with zero attached hydrogens (tertiary/aromatic N) is 1. The zero-order chi connectivity index (χ0) is 11.3. The fourth-order valence-corrected chi connectivity index (χ4v) is 1.22. The van der Waals surface area contributed by atoms with Crippen LogP contribution in [0.3, 0.4) is 0 Å². The van der Waals surface area contributed by atoms with Crippen LogP contribution >= 0.6 is 11.6 Å². The van der Waals surface area contributed by atoms with Crippen molar-refractivity contribution in [2.45, 2.75) is 6.42 Å². The molecular weight excluding hydrogens is 214 g/mol. The highest BCUT2D eigenvalue weighted by Gasteiger charge is 2.04. The maximum atomic E-state index is 10.7. The zero-order valence-electron chi connectivity index (χ0n) is 7.77. The Morgan fingerprint density at radius 2 is 2.33 bits per heavy atom. The minimum Gasteiger partial charge on any atom is -0.478 e. The van der Waals surface area contributed by atoms with Crippen LogP contribution < -0.4 is 0 Å². The molecule has 1 rings (SSSR count). The van der Waals surface area contributed by atoms with Gasteiger partial charge in [0.1, 0.15) is 0 Å². The summed E-state index contributed by atoms with van der Waals surface area (Å²) in [5.41, 5.74) is 0.780. The van der Waals surface area contributed by atoms with Crippen LogP contribution in [0, 0.1) is 11.3 Å². The largest absolute Gasteiger partial charge is 0.478 e. The first-order valence-electron chi connectivity index (χ1n) is 4.21. The maximum Gasteiger partial charge on any atom is 0.335 e. The van der Waals surface area contributed by atoms with Gasteiger partial charge in [0.25, 0.3) is 0 Å². The Bertz CT molecular complexity index is 446. The lowest BCUT2D eigenvalue weighted by molar-refractivity contribution is 0.0697. The summed E-state index contributed by atoms with van der Waals surface area (Å²) in [4.78, 5) is 10.7. The molecule has 0 atom stereocenters. The Hall–Kier alpha value is -1.79. The van der Waals surface area contributed by atoms with Gasteiger partial charge in [-0.25, -0.2) is 4.79 Å². The number of nitriles is 1. The second-order valence-corrected chi connectivity index (χ2v) is 3.21. The van der Waals surface area contributed by atoms with Crippen LogP contribution in [-0.4, -0.2) is 11.1 Å². The van der Waals surface area contributed by atoms with E-state index < -0.39 is 5.97 Å². The second-order valence-electron chi connectivity index (χ2n) is 2.81. The number of allylic oxidation sites excluding steroid dienone is 1. The molecule has 3 nitrogen and oxygen atoms in total. The van der Waals surface area contributed by atoms with Gasteiger partial charge in [-0.3, -0.25) is 0 Å². The van der Waals surface area contributed by atoms with Crippen LogP contribution in [-0.2, 0) is 0 Å². The Morgan fingerprint density at radius 3 is 2.93 bits per heavy atom. The summed E-state index contributed by atoms with van der Waals surface area (Å²) < 4.78 is 0. The van der Waals surface area contributed by atoms with Crippen molar-refractivity contribution >= 4 is 23.6 Å². The van der Waals surface area contributed by atoms with Crippen molar-refractivity contribution in [1.82, 2.24) is 0 Å². The van der Waals surface area contributed by atoms with Gasteiger partial charge in [0, 0.05) is 5.02 Å². The van der Waals surface area contributed by atoms with Gasteiger partial charge in [0.2, 0.25) is 0 Å². The van der Waals surface area contributed by atoms with Crippen LogP contribution in [0.2, 0.25) is 5.02 Å². The lowest BCUT2D eigenvalue weighted by Gasteiger charge is -1.99. The molecule has 1 N–H and O–H groups in total. The third-order valence-electron chi connectivity index (χ3n) is 1.75. The molecule has 0 bridgehead atoms. The fraction of sp³-hybridized carbons (Fsp3) is 0.0909. The SMILES string of the molecule is N#CCC=Cc1cc(C(=O)O)ccc1Cl. The molecule has 0 saturated heterocycles. The molecule has 0 fully saturated rings. The first kappa shape index (κ1) is 11.3. The summed E-state index contributed by atoms with van der Waals surface area (Å²) in [7, 11) is 0. The molecule has 15 heavy (non-hydrogen) atoms. The summed E-state index contributed by atoms with van der Waals surface area (Å²) in [6.45, 7) is 0. The van der Waals surface area contributed by atoms with Crippen molar-refractivity contribution < 1.29 is 9.90 Å². The molecule has 1 aromatic carbocycles. The van der Waals surface area contributed by atoms with Crippen molar-refractivity contribution in [1.29, 1.82) is 5.26 Å². The molecule has 0 aromatic heterocycles. The van der Waals surface area contributed by atoms with E-state index in [1.807, 2.05) is 6.07 Å². The number of hydrogen-bond acceptors (Lipinski definition) is 2. The number of carbonyl (C=O) groups is 1. The minimum absolute atomic E-state index is 0.177. The summed E-state index contributed by atoms with van der Waals surface area (Å²) in [6, 6.07) is 6.38. The second kappa shape index (κ2) is 5.18. The Labute approximate surface area is 92.2 Å². The Kier molecular flexibility index (Phi) is 3.90. The molecule has 0 saturated carbocycles. The summed E-state index contributed by atoms with van der Waals surface area (Å²) in [5.74, 6) is -0.999. The Balaban J connectivity index is 3.01. The summed E-state index contributed by atoms with van der Waals surface area (Å²) in [5, 5.41) is 17.5. The number of carboxylic acids is 1. The van der Waals surface area contributed by atoms with E-state index in [-0.39, 0.29) is 12.0 Å². The highest BCUT2D eigenvalue weighted by molar-refractivity contribution is 6.32. The van der Waals surface area contributed by atoms with Crippen molar-refractivity contribution in [3.8, 4) is 6.07 Å². The van der Waals surface area contributed by atoms with E-state index in [1.165, 1.54) is 18.2 Å². The molecule has 0 aliphatic heterocycles. The van der Waals surface area contributed by atoms with Gasteiger partial charge in [-0.1, -0.05) is 23.8 Å². The highest BCUT2D eigenvalue weighted by atomic mass is 35.5. The predicted octanol–water partition coefficient (Wildman–Crippen LogP) is 2.97. The molecule has 4 heteroatoms. The molecule has 0 spiro atoms. The quantitative estimate of drug-likeness (QED) is 0.854. The van der Waals surface area contributed by atoms with Gasteiger partial charge >= 0.3 is 5.97 Å². The lowest BCUT2D eigenvalue weighted by Crippen LogP contribution is -1.96. The van der Waals surface area contributed by atoms with Crippen molar-refractivity contribution in [3.63, 3.8) is 0 Å². The monoisotopic (exact) mass is 221 g/mol.